The van der Waals surface area contributed by atoms with Crippen LogP contribution < -0.4 is 10.1 Å². The summed E-state index contributed by atoms with van der Waals surface area (Å²) < 4.78 is 29.5. The number of sulfone groups is 1. The van der Waals surface area contributed by atoms with Crippen molar-refractivity contribution in [3.05, 3.63) is 72.9 Å². The highest BCUT2D eigenvalue weighted by molar-refractivity contribution is 7.90. The minimum absolute atomic E-state index is 0.293. The van der Waals surface area contributed by atoms with Crippen LogP contribution in [0.5, 0.6) is 5.75 Å². The number of fused-ring (bicyclic) bond motifs is 1. The van der Waals surface area contributed by atoms with Crippen molar-refractivity contribution in [2.24, 2.45) is 0 Å². The van der Waals surface area contributed by atoms with Gasteiger partial charge in [0.15, 0.2) is 9.84 Å². The molecule has 1 aliphatic rings. The molecule has 35 heavy (non-hydrogen) atoms. The lowest BCUT2D eigenvalue weighted by Crippen LogP contribution is -2.25. The fourth-order valence-corrected chi connectivity index (χ4v) is 4.92. The van der Waals surface area contributed by atoms with E-state index < -0.39 is 9.84 Å². The standard InChI is InChI=1S/C27H28N4O3S/c1-35(32,33)24-13-7-20(8-14-24)25-6-4-5-21-19-28-27(30-26(21)25)29-22-9-11-23(12-10-22)34-18-17-31-15-2-3-16-31/h4-14,19H,2-3,15-18H2,1H3,(H,28,29,30). The Labute approximate surface area is 205 Å². The van der Waals surface area contributed by atoms with E-state index in [2.05, 4.69) is 15.2 Å². The Morgan fingerprint density at radius 3 is 2.43 bits per heavy atom. The number of likely N-dealkylation sites (tertiary alicyclic amines) is 1. The van der Waals surface area contributed by atoms with Crippen LogP contribution in [0.15, 0.2) is 77.8 Å². The van der Waals surface area contributed by atoms with Gasteiger partial charge in [0.25, 0.3) is 0 Å². The Kier molecular flexibility index (Phi) is 6.66. The van der Waals surface area contributed by atoms with Crippen molar-refractivity contribution in [3.8, 4) is 16.9 Å². The summed E-state index contributed by atoms with van der Waals surface area (Å²) in [5.74, 6) is 1.33. The molecule has 0 bridgehead atoms. The molecule has 0 spiro atoms. The molecule has 8 heteroatoms. The molecule has 4 aromatic rings. The first kappa shape index (κ1) is 23.3. The summed E-state index contributed by atoms with van der Waals surface area (Å²) in [6, 6.07) is 20.5. The van der Waals surface area contributed by atoms with Gasteiger partial charge >= 0.3 is 0 Å². The molecule has 3 aromatic carbocycles. The zero-order valence-electron chi connectivity index (χ0n) is 19.6. The predicted octanol–water partition coefficient (Wildman–Crippen LogP) is 4.92. The maximum Gasteiger partial charge on any atom is 0.227 e. The lowest BCUT2D eigenvalue weighted by Gasteiger charge is -2.15. The molecule has 1 aromatic heterocycles. The molecule has 0 amide bonds. The van der Waals surface area contributed by atoms with Crippen molar-refractivity contribution >= 4 is 32.4 Å². The van der Waals surface area contributed by atoms with E-state index in [9.17, 15) is 8.42 Å². The molecule has 1 saturated heterocycles. The third kappa shape index (κ3) is 5.61. The van der Waals surface area contributed by atoms with E-state index in [0.717, 1.165) is 40.0 Å². The third-order valence-electron chi connectivity index (χ3n) is 6.19. The smallest absolute Gasteiger partial charge is 0.227 e. The van der Waals surface area contributed by atoms with Crippen LogP contribution in [0, 0.1) is 0 Å². The molecule has 5 rings (SSSR count). The second-order valence-electron chi connectivity index (χ2n) is 8.78. The van der Waals surface area contributed by atoms with Crippen molar-refractivity contribution in [2.75, 3.05) is 37.8 Å². The van der Waals surface area contributed by atoms with Crippen molar-refractivity contribution in [1.29, 1.82) is 0 Å². The molecule has 0 radical (unpaired) electrons. The van der Waals surface area contributed by atoms with Gasteiger partial charge < -0.3 is 10.1 Å². The van der Waals surface area contributed by atoms with Crippen LogP contribution in [0.25, 0.3) is 22.0 Å². The lowest BCUT2D eigenvalue weighted by molar-refractivity contribution is 0.238. The Balaban J connectivity index is 1.31. The van der Waals surface area contributed by atoms with E-state index in [1.807, 2.05) is 54.6 Å². The minimum atomic E-state index is -3.24. The third-order valence-corrected chi connectivity index (χ3v) is 7.32. The Morgan fingerprint density at radius 1 is 0.971 bits per heavy atom. The van der Waals surface area contributed by atoms with Gasteiger partial charge in [-0.3, -0.25) is 4.90 Å². The van der Waals surface area contributed by atoms with Gasteiger partial charge in [0.05, 0.1) is 10.4 Å². The van der Waals surface area contributed by atoms with Crippen LogP contribution in [0.2, 0.25) is 0 Å². The molecule has 1 N–H and O–H groups in total. The molecule has 7 nitrogen and oxygen atoms in total. The summed E-state index contributed by atoms with van der Waals surface area (Å²) >= 11 is 0. The van der Waals surface area contributed by atoms with E-state index in [1.165, 1.54) is 32.2 Å². The number of para-hydroxylation sites is 1. The van der Waals surface area contributed by atoms with Crippen LogP contribution in [0.1, 0.15) is 12.8 Å². The average molecular weight is 489 g/mol. The van der Waals surface area contributed by atoms with E-state index >= 15 is 0 Å². The van der Waals surface area contributed by atoms with E-state index in [1.54, 1.807) is 18.3 Å². The highest BCUT2D eigenvalue weighted by atomic mass is 32.2. The monoisotopic (exact) mass is 488 g/mol. The first-order valence-corrected chi connectivity index (χ1v) is 13.6. The second-order valence-corrected chi connectivity index (χ2v) is 10.8. The molecule has 1 aliphatic heterocycles. The number of aromatic nitrogens is 2. The largest absolute Gasteiger partial charge is 0.492 e. The van der Waals surface area contributed by atoms with Crippen LogP contribution in [-0.2, 0) is 9.84 Å². The van der Waals surface area contributed by atoms with Gasteiger partial charge in [-0.15, -0.1) is 0 Å². The van der Waals surface area contributed by atoms with Gasteiger partial charge in [-0.2, -0.15) is 0 Å². The molecule has 180 valence electrons. The highest BCUT2D eigenvalue weighted by Gasteiger charge is 2.12. The predicted molar refractivity (Wildman–Crippen MR) is 139 cm³/mol. The zero-order chi connectivity index (χ0) is 24.3. The van der Waals surface area contributed by atoms with Crippen molar-refractivity contribution in [3.63, 3.8) is 0 Å². The van der Waals surface area contributed by atoms with Gasteiger partial charge in [0.1, 0.15) is 12.4 Å². The molecular formula is C27H28N4O3S. The molecule has 0 aliphatic carbocycles. The van der Waals surface area contributed by atoms with Gasteiger partial charge in [0, 0.05) is 35.6 Å². The van der Waals surface area contributed by atoms with Crippen molar-refractivity contribution < 1.29 is 13.2 Å². The Morgan fingerprint density at radius 2 is 1.71 bits per heavy atom. The van der Waals surface area contributed by atoms with Crippen LogP contribution in [-0.4, -0.2) is 55.8 Å². The molecular weight excluding hydrogens is 460 g/mol. The summed E-state index contributed by atoms with van der Waals surface area (Å²) in [6.45, 7) is 4.00. The van der Waals surface area contributed by atoms with Crippen LogP contribution >= 0.6 is 0 Å². The second kappa shape index (κ2) is 10.0. The SMILES string of the molecule is CS(=O)(=O)c1ccc(-c2cccc3cnc(Nc4ccc(OCCN5CCCC5)cc4)nc23)cc1. The minimum Gasteiger partial charge on any atom is -0.492 e. The summed E-state index contributed by atoms with van der Waals surface area (Å²) in [5, 5.41) is 4.17. The maximum atomic E-state index is 11.8. The first-order chi connectivity index (χ1) is 17.0. The van der Waals surface area contributed by atoms with Crippen molar-refractivity contribution in [1.82, 2.24) is 14.9 Å². The fraction of sp³-hybridized carbons (Fsp3) is 0.259. The normalized spacial score (nSPS) is 14.3. The summed E-state index contributed by atoms with van der Waals surface area (Å²) in [6.07, 6.45) is 5.57. The highest BCUT2D eigenvalue weighted by Crippen LogP contribution is 2.29. The summed E-state index contributed by atoms with van der Waals surface area (Å²) in [5.41, 5.74) is 3.46. The number of benzene rings is 3. The van der Waals surface area contributed by atoms with Crippen LogP contribution in [0.3, 0.4) is 0 Å². The molecule has 2 heterocycles. The fourth-order valence-electron chi connectivity index (χ4n) is 4.29. The number of anilines is 2. The number of rotatable bonds is 8. The van der Waals surface area contributed by atoms with E-state index in [-0.39, 0.29) is 0 Å². The molecule has 1 fully saturated rings. The van der Waals surface area contributed by atoms with Gasteiger partial charge in [-0.05, 0) is 67.9 Å². The van der Waals surface area contributed by atoms with E-state index in [0.29, 0.717) is 17.5 Å². The average Bonchev–Trinajstić information content (AvgIpc) is 3.38. The van der Waals surface area contributed by atoms with Gasteiger partial charge in [-0.25, -0.2) is 18.4 Å². The summed E-state index contributed by atoms with van der Waals surface area (Å²) in [7, 11) is -3.24. The first-order valence-electron chi connectivity index (χ1n) is 11.7. The quantitative estimate of drug-likeness (QED) is 0.377. The topological polar surface area (TPSA) is 84.4 Å². The number of nitrogens with zero attached hydrogens (tertiary/aromatic N) is 3. The van der Waals surface area contributed by atoms with Crippen molar-refractivity contribution in [2.45, 2.75) is 17.7 Å². The maximum absolute atomic E-state index is 11.8. The Hall–Kier alpha value is -3.49. The van der Waals surface area contributed by atoms with Crippen LogP contribution in [0.4, 0.5) is 11.6 Å². The zero-order valence-corrected chi connectivity index (χ0v) is 20.5. The molecule has 0 saturated carbocycles. The molecule has 0 unspecified atom stereocenters. The number of ether oxygens (including phenoxy) is 1. The molecule has 0 atom stereocenters. The van der Waals surface area contributed by atoms with Gasteiger partial charge in [-0.1, -0.05) is 30.3 Å². The van der Waals surface area contributed by atoms with Gasteiger partial charge in [0.2, 0.25) is 5.95 Å². The lowest BCUT2D eigenvalue weighted by atomic mass is 10.0. The number of nitrogens with one attached hydrogen (secondary N) is 1. The number of hydrogen-bond acceptors (Lipinski definition) is 7. The Bertz CT molecular complexity index is 1420. The van der Waals surface area contributed by atoms with E-state index in [4.69, 9.17) is 9.72 Å². The number of hydrogen-bond donors (Lipinski definition) is 1. The summed E-state index contributed by atoms with van der Waals surface area (Å²) in [4.78, 5) is 11.9.